The molecule has 2 aromatic rings. The first-order chi connectivity index (χ1) is 10.3. The van der Waals surface area contributed by atoms with E-state index in [9.17, 15) is 9.90 Å². The molecule has 0 aliphatic carbocycles. The minimum absolute atomic E-state index is 0.177. The highest BCUT2D eigenvalue weighted by Gasteiger charge is 2.15. The number of rotatable bonds is 4. The molecule has 0 radical (unpaired) electrons. The van der Waals surface area contributed by atoms with Crippen molar-refractivity contribution in [2.45, 2.75) is 19.8 Å². The number of halogens is 2. The minimum atomic E-state index is -0.964. The van der Waals surface area contributed by atoms with E-state index in [1.165, 1.54) is 0 Å². The molecule has 0 atom stereocenters. The zero-order valence-corrected chi connectivity index (χ0v) is 16.2. The zero-order chi connectivity index (χ0) is 16.4. The summed E-state index contributed by atoms with van der Waals surface area (Å²) in [5.74, 6) is 0.685. The van der Waals surface area contributed by atoms with Gasteiger partial charge in [-0.05, 0) is 81.4 Å². The summed E-state index contributed by atoms with van der Waals surface area (Å²) in [6.45, 7) is 3.99. The van der Waals surface area contributed by atoms with Crippen molar-refractivity contribution in [2.24, 2.45) is 0 Å². The molecule has 0 amide bonds. The van der Waals surface area contributed by atoms with Gasteiger partial charge in [0.15, 0.2) is 5.75 Å². The highest BCUT2D eigenvalue weighted by atomic mass is 127. The van der Waals surface area contributed by atoms with Gasteiger partial charge in [-0.2, -0.15) is 0 Å². The average molecular weight is 524 g/mol. The number of aromatic carboxylic acids is 1. The van der Waals surface area contributed by atoms with Crippen LogP contribution in [0.4, 0.5) is 0 Å². The number of carboxylic acids is 1. The summed E-state index contributed by atoms with van der Waals surface area (Å²) in [6.07, 6.45) is 0. The zero-order valence-electron chi connectivity index (χ0n) is 11.9. The van der Waals surface area contributed by atoms with Crippen LogP contribution in [0.3, 0.4) is 0 Å². The van der Waals surface area contributed by atoms with Gasteiger partial charge in [-0.25, -0.2) is 4.79 Å². The number of hydrogen-bond donors (Lipinski definition) is 2. The van der Waals surface area contributed by atoms with Crippen molar-refractivity contribution in [3.8, 4) is 17.2 Å². The van der Waals surface area contributed by atoms with Gasteiger partial charge in [-0.15, -0.1) is 0 Å². The van der Waals surface area contributed by atoms with Crippen molar-refractivity contribution in [3.05, 3.63) is 48.6 Å². The third kappa shape index (κ3) is 3.83. The molecule has 0 unspecified atom stereocenters. The Morgan fingerprint density at radius 3 is 2.23 bits per heavy atom. The number of phenolic OH excluding ortho intramolecular Hbond substituents is 1. The maximum atomic E-state index is 11.1. The quantitative estimate of drug-likeness (QED) is 0.539. The lowest BCUT2D eigenvalue weighted by Crippen LogP contribution is -2.00. The topological polar surface area (TPSA) is 66.8 Å². The Morgan fingerprint density at radius 1 is 1.14 bits per heavy atom. The Labute approximate surface area is 155 Å². The van der Waals surface area contributed by atoms with Gasteiger partial charge in [-0.3, -0.25) is 0 Å². The Balaban J connectivity index is 2.39. The van der Waals surface area contributed by atoms with Crippen LogP contribution in [0, 0.1) is 7.14 Å². The number of carboxylic acid groups (broad SMARTS) is 1. The highest BCUT2D eigenvalue weighted by molar-refractivity contribution is 14.1. The molecule has 0 aliphatic heterocycles. The third-order valence-corrected chi connectivity index (χ3v) is 4.69. The first-order valence-corrected chi connectivity index (χ1v) is 8.68. The van der Waals surface area contributed by atoms with E-state index in [0.717, 1.165) is 12.7 Å². The molecule has 22 heavy (non-hydrogen) atoms. The van der Waals surface area contributed by atoms with Gasteiger partial charge < -0.3 is 14.9 Å². The summed E-state index contributed by atoms with van der Waals surface area (Å²) >= 11 is 4.12. The summed E-state index contributed by atoms with van der Waals surface area (Å²) in [7, 11) is 0. The van der Waals surface area contributed by atoms with E-state index in [-0.39, 0.29) is 17.2 Å². The predicted octanol–water partition coefficient (Wildman–Crippen LogP) is 5.22. The fourth-order valence-corrected chi connectivity index (χ4v) is 3.95. The van der Waals surface area contributed by atoms with Crippen molar-refractivity contribution >= 4 is 51.2 Å². The molecule has 0 aliphatic rings. The van der Waals surface area contributed by atoms with E-state index >= 15 is 0 Å². The van der Waals surface area contributed by atoms with E-state index < -0.39 is 5.97 Å². The average Bonchev–Trinajstić information content (AvgIpc) is 2.43. The standard InChI is InChI=1S/C16H14I2O4/c1-8(2)11-7-10(3-4-14(11)19)22-15-12(17)5-9(16(20)21)6-13(15)18/h3-8,19H,1-2H3,(H,20,21). The van der Waals surface area contributed by atoms with Crippen molar-refractivity contribution in [3.63, 3.8) is 0 Å². The molecule has 0 bridgehead atoms. The number of benzene rings is 2. The second kappa shape index (κ2) is 7.03. The molecule has 6 heteroatoms. The van der Waals surface area contributed by atoms with Crippen molar-refractivity contribution in [1.82, 2.24) is 0 Å². The molecule has 0 saturated carbocycles. The van der Waals surface area contributed by atoms with Crippen LogP contribution >= 0.6 is 45.2 Å². The lowest BCUT2D eigenvalue weighted by molar-refractivity contribution is 0.0696. The molecule has 0 saturated heterocycles. The molecular weight excluding hydrogens is 510 g/mol. The maximum absolute atomic E-state index is 11.1. The highest BCUT2D eigenvalue weighted by Crippen LogP contribution is 2.36. The van der Waals surface area contributed by atoms with Gasteiger partial charge in [0.05, 0.1) is 12.7 Å². The number of phenols is 1. The number of carbonyl (C=O) groups is 1. The molecule has 0 spiro atoms. The molecule has 0 aromatic heterocycles. The summed E-state index contributed by atoms with van der Waals surface area (Å²) in [5, 5.41) is 18.9. The Kier molecular flexibility index (Phi) is 5.54. The number of aromatic hydroxyl groups is 1. The third-order valence-electron chi connectivity index (χ3n) is 3.09. The molecule has 0 fully saturated rings. The lowest BCUT2D eigenvalue weighted by Gasteiger charge is -2.14. The van der Waals surface area contributed by atoms with Crippen LogP contribution in [0.25, 0.3) is 0 Å². The molecule has 2 aromatic carbocycles. The fourth-order valence-electron chi connectivity index (χ4n) is 1.96. The molecule has 116 valence electrons. The van der Waals surface area contributed by atoms with E-state index in [2.05, 4.69) is 45.2 Å². The Bertz CT molecular complexity index is 703. The van der Waals surface area contributed by atoms with E-state index in [1.807, 2.05) is 13.8 Å². The van der Waals surface area contributed by atoms with Gasteiger partial charge in [0.25, 0.3) is 0 Å². The maximum Gasteiger partial charge on any atom is 0.335 e. The van der Waals surface area contributed by atoms with E-state index in [1.54, 1.807) is 30.3 Å². The van der Waals surface area contributed by atoms with Crippen LogP contribution in [0.2, 0.25) is 0 Å². The van der Waals surface area contributed by atoms with Gasteiger partial charge in [-0.1, -0.05) is 13.8 Å². The van der Waals surface area contributed by atoms with E-state index in [0.29, 0.717) is 11.5 Å². The first-order valence-electron chi connectivity index (χ1n) is 6.52. The summed E-state index contributed by atoms with van der Waals surface area (Å²) in [5.41, 5.74) is 1.04. The van der Waals surface area contributed by atoms with Crippen LogP contribution in [0.1, 0.15) is 35.7 Å². The second-order valence-corrected chi connectivity index (χ2v) is 7.38. The van der Waals surface area contributed by atoms with Gasteiger partial charge in [0.1, 0.15) is 11.5 Å². The van der Waals surface area contributed by atoms with Crippen LogP contribution < -0.4 is 4.74 Å². The summed E-state index contributed by atoms with van der Waals surface area (Å²) < 4.78 is 7.35. The van der Waals surface area contributed by atoms with Crippen LogP contribution in [-0.2, 0) is 0 Å². The predicted molar refractivity (Wildman–Crippen MR) is 101 cm³/mol. The van der Waals surface area contributed by atoms with Crippen LogP contribution in [0.15, 0.2) is 30.3 Å². The smallest absolute Gasteiger partial charge is 0.335 e. The van der Waals surface area contributed by atoms with Gasteiger partial charge in [0.2, 0.25) is 0 Å². The lowest BCUT2D eigenvalue weighted by atomic mass is 10.0. The molecular formula is C16H14I2O4. The number of hydrogen-bond acceptors (Lipinski definition) is 3. The molecule has 2 rings (SSSR count). The van der Waals surface area contributed by atoms with Crippen molar-refractivity contribution in [2.75, 3.05) is 0 Å². The molecule has 2 N–H and O–H groups in total. The molecule has 0 heterocycles. The minimum Gasteiger partial charge on any atom is -0.508 e. The first kappa shape index (κ1) is 17.3. The second-order valence-electron chi connectivity index (χ2n) is 5.05. The Hall–Kier alpha value is -1.03. The van der Waals surface area contributed by atoms with Crippen LogP contribution in [-0.4, -0.2) is 16.2 Å². The van der Waals surface area contributed by atoms with Gasteiger partial charge in [0, 0.05) is 5.56 Å². The Morgan fingerprint density at radius 2 is 1.73 bits per heavy atom. The number of ether oxygens (including phenoxy) is 1. The SMILES string of the molecule is CC(C)c1cc(Oc2c(I)cc(C(=O)O)cc2I)ccc1O. The summed E-state index contributed by atoms with van der Waals surface area (Å²) in [4.78, 5) is 11.1. The normalized spacial score (nSPS) is 10.8. The monoisotopic (exact) mass is 524 g/mol. The van der Waals surface area contributed by atoms with E-state index in [4.69, 9.17) is 9.84 Å². The largest absolute Gasteiger partial charge is 0.508 e. The molecule has 4 nitrogen and oxygen atoms in total. The summed E-state index contributed by atoms with van der Waals surface area (Å²) in [6, 6.07) is 8.25. The van der Waals surface area contributed by atoms with Crippen LogP contribution in [0.5, 0.6) is 17.2 Å². The van der Waals surface area contributed by atoms with Crippen molar-refractivity contribution in [1.29, 1.82) is 0 Å². The van der Waals surface area contributed by atoms with Gasteiger partial charge >= 0.3 is 5.97 Å². The fraction of sp³-hybridized carbons (Fsp3) is 0.188. The van der Waals surface area contributed by atoms with Crippen molar-refractivity contribution < 1.29 is 19.7 Å².